The van der Waals surface area contributed by atoms with Gasteiger partial charge in [0.05, 0.1) is 0 Å². The molecule has 0 aromatic carbocycles. The summed E-state index contributed by atoms with van der Waals surface area (Å²) in [5.74, 6) is 1.82. The third-order valence-electron chi connectivity index (χ3n) is 6.32. The molecule has 2 rings (SSSR count). The highest BCUT2D eigenvalue weighted by Crippen LogP contribution is 2.42. The Bertz CT molecular complexity index is 303. The van der Waals surface area contributed by atoms with Crippen LogP contribution in [0.15, 0.2) is 0 Å². The van der Waals surface area contributed by atoms with E-state index in [0.717, 1.165) is 18.4 Å². The summed E-state index contributed by atoms with van der Waals surface area (Å²) in [5, 5.41) is 0. The highest BCUT2D eigenvalue weighted by molar-refractivity contribution is 4.95. The number of likely N-dealkylation sites (N-methyl/N-ethyl adjacent to an activating group) is 1. The van der Waals surface area contributed by atoms with Gasteiger partial charge in [-0.15, -0.1) is 0 Å². The molecule has 2 saturated carbocycles. The van der Waals surface area contributed by atoms with Gasteiger partial charge in [0.1, 0.15) is 0 Å². The standard InChI is InChI=1S/C18H36N2/c1-17(2,3)16-9-6-11-18(14-19,12-10-16)20(4)13-15-7-5-8-15/h15-16H,5-14,19H2,1-4H3. The largest absolute Gasteiger partial charge is 0.329 e. The highest BCUT2D eigenvalue weighted by atomic mass is 15.2. The first kappa shape index (κ1) is 16.3. The van der Waals surface area contributed by atoms with Crippen LogP contribution in [0.5, 0.6) is 0 Å². The average molecular weight is 280 g/mol. The molecule has 0 aromatic heterocycles. The lowest BCUT2D eigenvalue weighted by atomic mass is 9.76. The van der Waals surface area contributed by atoms with E-state index in [0.29, 0.717) is 5.41 Å². The molecule has 0 radical (unpaired) electrons. The highest BCUT2D eigenvalue weighted by Gasteiger charge is 2.39. The quantitative estimate of drug-likeness (QED) is 0.787. The van der Waals surface area contributed by atoms with E-state index in [1.807, 2.05) is 0 Å². The van der Waals surface area contributed by atoms with Crippen molar-refractivity contribution in [3.05, 3.63) is 0 Å². The molecule has 0 bridgehead atoms. The zero-order valence-electron chi connectivity index (χ0n) is 14.3. The van der Waals surface area contributed by atoms with Crippen LogP contribution in [0.4, 0.5) is 0 Å². The Hall–Kier alpha value is -0.0800. The van der Waals surface area contributed by atoms with Crippen LogP contribution in [-0.2, 0) is 0 Å². The van der Waals surface area contributed by atoms with E-state index in [-0.39, 0.29) is 5.54 Å². The van der Waals surface area contributed by atoms with Gasteiger partial charge in [-0.1, -0.05) is 33.6 Å². The first-order valence-corrected chi connectivity index (χ1v) is 8.79. The Morgan fingerprint density at radius 3 is 2.25 bits per heavy atom. The summed E-state index contributed by atoms with van der Waals surface area (Å²) in [5.41, 5.74) is 7.00. The van der Waals surface area contributed by atoms with Crippen LogP contribution >= 0.6 is 0 Å². The summed E-state index contributed by atoms with van der Waals surface area (Å²) >= 11 is 0. The van der Waals surface area contributed by atoms with Crippen LogP contribution in [0.25, 0.3) is 0 Å². The van der Waals surface area contributed by atoms with Gasteiger partial charge in [0, 0.05) is 18.6 Å². The Morgan fingerprint density at radius 1 is 1.05 bits per heavy atom. The Morgan fingerprint density at radius 2 is 1.75 bits per heavy atom. The molecule has 0 aliphatic heterocycles. The number of nitrogens with two attached hydrogens (primary N) is 1. The SMILES string of the molecule is CN(CC1CCC1)C1(CN)CCCC(C(C)(C)C)CC1. The first-order chi connectivity index (χ1) is 9.37. The molecule has 2 aliphatic rings. The van der Waals surface area contributed by atoms with E-state index in [1.165, 1.54) is 57.9 Å². The van der Waals surface area contributed by atoms with Crippen molar-refractivity contribution in [3.8, 4) is 0 Å². The molecule has 2 heteroatoms. The zero-order valence-corrected chi connectivity index (χ0v) is 14.3. The fraction of sp³-hybridized carbons (Fsp3) is 1.00. The van der Waals surface area contributed by atoms with Gasteiger partial charge < -0.3 is 5.73 Å². The maximum Gasteiger partial charge on any atom is 0.0328 e. The Kier molecular flexibility index (Phi) is 5.18. The fourth-order valence-electron chi connectivity index (χ4n) is 4.25. The van der Waals surface area contributed by atoms with Gasteiger partial charge in [0.2, 0.25) is 0 Å². The molecule has 2 aliphatic carbocycles. The maximum absolute atomic E-state index is 6.26. The van der Waals surface area contributed by atoms with Crippen LogP contribution in [0, 0.1) is 17.3 Å². The normalized spacial score (nSPS) is 33.0. The lowest BCUT2D eigenvalue weighted by Crippen LogP contribution is -2.53. The number of nitrogens with zero attached hydrogens (tertiary/aromatic N) is 1. The molecule has 0 spiro atoms. The van der Waals surface area contributed by atoms with Gasteiger partial charge in [-0.05, 0) is 62.8 Å². The molecule has 0 amide bonds. The first-order valence-electron chi connectivity index (χ1n) is 8.79. The lowest BCUT2D eigenvalue weighted by molar-refractivity contribution is 0.0687. The predicted octanol–water partition coefficient (Wildman–Crippen LogP) is 4.04. The summed E-state index contributed by atoms with van der Waals surface area (Å²) in [6.45, 7) is 9.34. The number of rotatable bonds is 4. The van der Waals surface area contributed by atoms with Crippen molar-refractivity contribution in [2.45, 2.75) is 77.7 Å². The molecule has 118 valence electrons. The van der Waals surface area contributed by atoms with Crippen LogP contribution in [0.3, 0.4) is 0 Å². The molecule has 2 nitrogen and oxygen atoms in total. The van der Waals surface area contributed by atoms with Gasteiger partial charge in [-0.25, -0.2) is 0 Å². The molecule has 0 aromatic rings. The van der Waals surface area contributed by atoms with Crippen molar-refractivity contribution in [2.24, 2.45) is 23.0 Å². The van der Waals surface area contributed by atoms with Crippen molar-refractivity contribution < 1.29 is 0 Å². The summed E-state index contributed by atoms with van der Waals surface area (Å²) in [6, 6.07) is 0. The average Bonchev–Trinajstić information content (AvgIpc) is 2.56. The topological polar surface area (TPSA) is 29.3 Å². The van der Waals surface area contributed by atoms with Gasteiger partial charge in [0.15, 0.2) is 0 Å². The van der Waals surface area contributed by atoms with Gasteiger partial charge in [0.25, 0.3) is 0 Å². The molecule has 2 fully saturated rings. The second-order valence-electron chi connectivity index (χ2n) is 8.60. The Labute approximate surface area is 126 Å². The molecule has 0 heterocycles. The number of hydrogen-bond acceptors (Lipinski definition) is 2. The second kappa shape index (κ2) is 6.36. The minimum absolute atomic E-state index is 0.287. The van der Waals surface area contributed by atoms with Crippen LogP contribution in [0.1, 0.15) is 72.1 Å². The third kappa shape index (κ3) is 3.57. The van der Waals surface area contributed by atoms with E-state index in [2.05, 4.69) is 32.7 Å². The van der Waals surface area contributed by atoms with Gasteiger partial charge in [-0.2, -0.15) is 0 Å². The lowest BCUT2D eigenvalue weighted by Gasteiger charge is -2.44. The Balaban J connectivity index is 1.99. The van der Waals surface area contributed by atoms with Crippen molar-refractivity contribution in [2.75, 3.05) is 20.1 Å². The monoisotopic (exact) mass is 280 g/mol. The van der Waals surface area contributed by atoms with E-state index < -0.39 is 0 Å². The second-order valence-corrected chi connectivity index (χ2v) is 8.60. The maximum atomic E-state index is 6.26. The van der Waals surface area contributed by atoms with Crippen molar-refractivity contribution in [3.63, 3.8) is 0 Å². The van der Waals surface area contributed by atoms with Gasteiger partial charge in [-0.3, -0.25) is 4.90 Å². The molecule has 2 N–H and O–H groups in total. The molecule has 20 heavy (non-hydrogen) atoms. The molecule has 0 saturated heterocycles. The predicted molar refractivity (Wildman–Crippen MR) is 87.8 cm³/mol. The van der Waals surface area contributed by atoms with Gasteiger partial charge >= 0.3 is 0 Å². The van der Waals surface area contributed by atoms with E-state index in [4.69, 9.17) is 5.73 Å². The minimum atomic E-state index is 0.287. The van der Waals surface area contributed by atoms with Crippen molar-refractivity contribution in [1.82, 2.24) is 4.90 Å². The third-order valence-corrected chi connectivity index (χ3v) is 6.32. The molecule has 2 atom stereocenters. The summed E-state index contributed by atoms with van der Waals surface area (Å²) < 4.78 is 0. The fourth-order valence-corrected chi connectivity index (χ4v) is 4.25. The van der Waals surface area contributed by atoms with Crippen LogP contribution in [0.2, 0.25) is 0 Å². The number of hydrogen-bond donors (Lipinski definition) is 1. The van der Waals surface area contributed by atoms with E-state index in [9.17, 15) is 0 Å². The smallest absolute Gasteiger partial charge is 0.0328 e. The summed E-state index contributed by atoms with van der Waals surface area (Å²) in [4.78, 5) is 2.64. The van der Waals surface area contributed by atoms with E-state index >= 15 is 0 Å². The molecule has 2 unspecified atom stereocenters. The minimum Gasteiger partial charge on any atom is -0.329 e. The van der Waals surface area contributed by atoms with Crippen molar-refractivity contribution >= 4 is 0 Å². The van der Waals surface area contributed by atoms with Crippen LogP contribution in [-0.4, -0.2) is 30.6 Å². The summed E-state index contributed by atoms with van der Waals surface area (Å²) in [7, 11) is 2.34. The van der Waals surface area contributed by atoms with Crippen LogP contribution < -0.4 is 5.73 Å². The van der Waals surface area contributed by atoms with E-state index in [1.54, 1.807) is 0 Å². The van der Waals surface area contributed by atoms with Crippen molar-refractivity contribution in [1.29, 1.82) is 0 Å². The molecular weight excluding hydrogens is 244 g/mol. The zero-order chi connectivity index (χ0) is 14.8. The summed E-state index contributed by atoms with van der Waals surface area (Å²) in [6.07, 6.45) is 11.0. The molecular formula is C18H36N2.